The summed E-state index contributed by atoms with van der Waals surface area (Å²) in [6, 6.07) is 4.45. The van der Waals surface area contributed by atoms with E-state index in [0.29, 0.717) is 15.8 Å². The molecule has 0 amide bonds. The largest absolute Gasteiger partial charge is 0.481 e. The number of carboxylic acid groups (broad SMARTS) is 1. The van der Waals surface area contributed by atoms with Crippen LogP contribution in [0.15, 0.2) is 18.2 Å². The molecule has 0 aliphatic heterocycles. The summed E-state index contributed by atoms with van der Waals surface area (Å²) in [5, 5.41) is 22.7. The molecule has 0 radical (unpaired) electrons. The Morgan fingerprint density at radius 1 is 1.53 bits per heavy atom. The Hall–Kier alpha value is -1.38. The minimum Gasteiger partial charge on any atom is -0.481 e. The number of halogens is 1. The van der Waals surface area contributed by atoms with Gasteiger partial charge in [-0.25, -0.2) is 0 Å². The number of hydrogen-bond donors (Lipinski definition) is 2. The van der Waals surface area contributed by atoms with Crippen LogP contribution in [-0.4, -0.2) is 22.5 Å². The number of nitro groups is 1. The number of non-ortho nitro benzene ring substituents is 1. The van der Waals surface area contributed by atoms with Gasteiger partial charge in [-0.15, -0.1) is 0 Å². The molecule has 0 bridgehead atoms. The number of aliphatic carboxylic acids is 1. The van der Waals surface area contributed by atoms with Crippen molar-refractivity contribution in [2.24, 2.45) is 11.8 Å². The molecule has 0 spiro atoms. The predicted molar refractivity (Wildman–Crippen MR) is 80.3 cm³/mol. The third-order valence-corrected chi connectivity index (χ3v) is 3.69. The zero-order valence-corrected chi connectivity index (χ0v) is 12.7. The molecular formula is C12H15IN2O4. The average molecular weight is 378 g/mol. The van der Waals surface area contributed by atoms with Crippen LogP contribution in [0.1, 0.15) is 13.8 Å². The predicted octanol–water partition coefficient (Wildman–Crippen LogP) is 2.97. The summed E-state index contributed by atoms with van der Waals surface area (Å²) in [4.78, 5) is 21.2. The highest BCUT2D eigenvalue weighted by atomic mass is 127. The summed E-state index contributed by atoms with van der Waals surface area (Å²) in [6.45, 7) is 3.99. The van der Waals surface area contributed by atoms with Crippen molar-refractivity contribution in [3.8, 4) is 0 Å². The van der Waals surface area contributed by atoms with E-state index >= 15 is 0 Å². The molecule has 1 aromatic rings. The van der Waals surface area contributed by atoms with Gasteiger partial charge in [-0.05, 0) is 34.6 Å². The summed E-state index contributed by atoms with van der Waals surface area (Å²) >= 11 is 1.99. The molecule has 0 saturated heterocycles. The van der Waals surface area contributed by atoms with E-state index in [1.165, 1.54) is 12.1 Å². The topological polar surface area (TPSA) is 92.5 Å². The molecule has 0 fully saturated rings. The van der Waals surface area contributed by atoms with Gasteiger partial charge < -0.3 is 10.4 Å². The molecule has 1 rings (SSSR count). The maximum Gasteiger partial charge on any atom is 0.308 e. The fraction of sp³-hybridized carbons (Fsp3) is 0.417. The summed E-state index contributed by atoms with van der Waals surface area (Å²) < 4.78 is 0.694. The van der Waals surface area contributed by atoms with E-state index in [-0.39, 0.29) is 11.6 Å². The number of nitrogens with zero attached hydrogens (tertiary/aromatic N) is 1. The minimum atomic E-state index is -0.848. The van der Waals surface area contributed by atoms with Gasteiger partial charge in [0.15, 0.2) is 0 Å². The Bertz CT molecular complexity index is 491. The summed E-state index contributed by atoms with van der Waals surface area (Å²) in [5.41, 5.74) is 0.728. The van der Waals surface area contributed by atoms with Gasteiger partial charge in [0.1, 0.15) is 0 Å². The van der Waals surface area contributed by atoms with Gasteiger partial charge in [0.25, 0.3) is 5.69 Å². The van der Waals surface area contributed by atoms with E-state index in [2.05, 4.69) is 5.32 Å². The van der Waals surface area contributed by atoms with E-state index in [9.17, 15) is 14.9 Å². The smallest absolute Gasteiger partial charge is 0.308 e. The van der Waals surface area contributed by atoms with Crippen LogP contribution in [0.2, 0.25) is 0 Å². The second-order valence-corrected chi connectivity index (χ2v) is 5.65. The zero-order chi connectivity index (χ0) is 14.6. The monoisotopic (exact) mass is 378 g/mol. The number of nitro benzene ring substituents is 1. The van der Waals surface area contributed by atoms with Gasteiger partial charge in [-0.3, -0.25) is 14.9 Å². The molecule has 0 aliphatic carbocycles. The molecule has 104 valence electrons. The maximum atomic E-state index is 11.1. The van der Waals surface area contributed by atoms with E-state index in [0.717, 1.165) is 0 Å². The van der Waals surface area contributed by atoms with Gasteiger partial charge in [0.05, 0.1) is 10.8 Å². The van der Waals surface area contributed by atoms with Crippen molar-refractivity contribution in [1.82, 2.24) is 0 Å². The molecule has 1 atom stereocenters. The third kappa shape index (κ3) is 4.34. The van der Waals surface area contributed by atoms with Gasteiger partial charge in [-0.2, -0.15) is 0 Å². The first-order chi connectivity index (χ1) is 8.82. The summed E-state index contributed by atoms with van der Waals surface area (Å²) in [5.74, 6) is -1.33. The lowest BCUT2D eigenvalue weighted by atomic mass is 9.96. The van der Waals surface area contributed by atoms with E-state index in [4.69, 9.17) is 5.11 Å². The van der Waals surface area contributed by atoms with Gasteiger partial charge in [0.2, 0.25) is 0 Å². The molecule has 19 heavy (non-hydrogen) atoms. The maximum absolute atomic E-state index is 11.1. The van der Waals surface area contributed by atoms with E-state index in [1.807, 2.05) is 36.4 Å². The second kappa shape index (κ2) is 6.69. The number of nitrogens with one attached hydrogen (secondary N) is 1. The van der Waals surface area contributed by atoms with Crippen molar-refractivity contribution in [1.29, 1.82) is 0 Å². The van der Waals surface area contributed by atoms with Crippen molar-refractivity contribution >= 4 is 39.9 Å². The average Bonchev–Trinajstić information content (AvgIpc) is 2.29. The van der Waals surface area contributed by atoms with Crippen LogP contribution in [0.4, 0.5) is 11.4 Å². The quantitative estimate of drug-likeness (QED) is 0.451. The van der Waals surface area contributed by atoms with Crippen LogP contribution >= 0.6 is 22.6 Å². The fourth-order valence-corrected chi connectivity index (χ4v) is 2.28. The highest BCUT2D eigenvalue weighted by Gasteiger charge is 2.21. The third-order valence-electron chi connectivity index (χ3n) is 2.80. The van der Waals surface area contributed by atoms with Crippen molar-refractivity contribution in [3.05, 3.63) is 31.9 Å². The number of benzene rings is 1. The lowest BCUT2D eigenvalue weighted by Crippen LogP contribution is -2.27. The van der Waals surface area contributed by atoms with Crippen LogP contribution in [0, 0.1) is 25.5 Å². The lowest BCUT2D eigenvalue weighted by Gasteiger charge is -2.18. The molecule has 1 unspecified atom stereocenters. The van der Waals surface area contributed by atoms with Crippen molar-refractivity contribution in [2.45, 2.75) is 13.8 Å². The Kier molecular flexibility index (Phi) is 5.52. The molecule has 2 N–H and O–H groups in total. The Morgan fingerprint density at radius 3 is 2.58 bits per heavy atom. The Balaban J connectivity index is 2.78. The molecule has 0 saturated carbocycles. The van der Waals surface area contributed by atoms with Crippen molar-refractivity contribution in [3.63, 3.8) is 0 Å². The molecule has 0 heterocycles. The molecule has 6 nitrogen and oxygen atoms in total. The highest BCUT2D eigenvalue weighted by molar-refractivity contribution is 14.1. The minimum absolute atomic E-state index is 0.0145. The van der Waals surface area contributed by atoms with Crippen LogP contribution in [0.5, 0.6) is 0 Å². The SMILES string of the molecule is CC(C)C(CNc1ccc([N+](=O)[O-])cc1I)C(=O)O. The summed E-state index contributed by atoms with van der Waals surface area (Å²) in [6.07, 6.45) is 0. The summed E-state index contributed by atoms with van der Waals surface area (Å²) in [7, 11) is 0. The number of rotatable bonds is 6. The highest BCUT2D eigenvalue weighted by Crippen LogP contribution is 2.24. The zero-order valence-electron chi connectivity index (χ0n) is 10.6. The fourth-order valence-electron chi connectivity index (χ4n) is 1.59. The standard InChI is InChI=1S/C12H15IN2O4/c1-7(2)9(12(16)17)6-14-11-4-3-8(15(18)19)5-10(11)13/h3-5,7,9,14H,6H2,1-2H3,(H,16,17). The van der Waals surface area contributed by atoms with E-state index < -0.39 is 16.8 Å². The second-order valence-electron chi connectivity index (χ2n) is 4.49. The van der Waals surface area contributed by atoms with E-state index in [1.54, 1.807) is 6.07 Å². The van der Waals surface area contributed by atoms with Gasteiger partial charge in [0, 0.05) is 27.9 Å². The molecule has 0 aromatic heterocycles. The van der Waals surface area contributed by atoms with Crippen LogP contribution in [0.3, 0.4) is 0 Å². The van der Waals surface area contributed by atoms with Crippen LogP contribution < -0.4 is 5.32 Å². The molecular weight excluding hydrogens is 363 g/mol. The van der Waals surface area contributed by atoms with Crippen molar-refractivity contribution in [2.75, 3.05) is 11.9 Å². The van der Waals surface area contributed by atoms with Gasteiger partial charge in [-0.1, -0.05) is 13.8 Å². The van der Waals surface area contributed by atoms with Crippen LogP contribution in [-0.2, 0) is 4.79 Å². The van der Waals surface area contributed by atoms with Gasteiger partial charge >= 0.3 is 5.97 Å². The molecule has 1 aromatic carbocycles. The number of anilines is 1. The molecule has 7 heteroatoms. The number of hydrogen-bond acceptors (Lipinski definition) is 4. The molecule has 0 aliphatic rings. The first kappa shape index (κ1) is 15.7. The first-order valence-corrected chi connectivity index (χ1v) is 6.81. The lowest BCUT2D eigenvalue weighted by molar-refractivity contribution is -0.384. The number of carbonyl (C=O) groups is 1. The normalized spacial score (nSPS) is 12.2. The van der Waals surface area contributed by atoms with Crippen LogP contribution in [0.25, 0.3) is 0 Å². The Labute approximate surface area is 124 Å². The Morgan fingerprint density at radius 2 is 2.16 bits per heavy atom. The first-order valence-electron chi connectivity index (χ1n) is 5.73. The van der Waals surface area contributed by atoms with Crippen molar-refractivity contribution < 1.29 is 14.8 Å². The number of carboxylic acids is 1.